The molecule has 1 aromatic rings. The molecule has 4 heteroatoms. The Bertz CT molecular complexity index is 471. The maximum absolute atomic E-state index is 6.30. The lowest BCUT2D eigenvalue weighted by atomic mass is 10.0. The predicted molar refractivity (Wildman–Crippen MR) is 84.7 cm³/mol. The zero-order chi connectivity index (χ0) is 14.8. The van der Waals surface area contributed by atoms with Gasteiger partial charge in [-0.15, -0.1) is 0 Å². The molecule has 3 atom stereocenters. The molecule has 1 saturated carbocycles. The minimum Gasteiger partial charge on any atom is -0.380 e. The Kier molecular flexibility index (Phi) is 4.42. The van der Waals surface area contributed by atoms with E-state index in [1.54, 1.807) is 0 Å². The molecular weight excluding hydrogens is 276 g/mol. The molecule has 4 nitrogen and oxygen atoms in total. The summed E-state index contributed by atoms with van der Waals surface area (Å²) in [7, 11) is 0. The SMILES string of the molecule is c1cncc(C[C@H]2[C@@H](OCC3CC3)CCN2C2CCOC2)c1. The van der Waals surface area contributed by atoms with Crippen LogP contribution >= 0.6 is 0 Å². The van der Waals surface area contributed by atoms with Crippen LogP contribution in [0.2, 0.25) is 0 Å². The standard InChI is InChI=1S/C18H26N2O2/c1-2-15(11-19-7-1)10-17-18(22-12-14-3-4-14)5-8-20(17)16-6-9-21-13-16/h1-2,7,11,14,16-18H,3-6,8-10,12-13H2/t16?,17-,18-/m0/s1. The number of hydrogen-bond acceptors (Lipinski definition) is 4. The van der Waals surface area contributed by atoms with Gasteiger partial charge < -0.3 is 9.47 Å². The fourth-order valence-corrected chi connectivity index (χ4v) is 3.83. The smallest absolute Gasteiger partial charge is 0.0745 e. The summed E-state index contributed by atoms with van der Waals surface area (Å²) in [4.78, 5) is 6.92. The Hall–Kier alpha value is -0.970. The molecule has 1 aromatic heterocycles. The van der Waals surface area contributed by atoms with Crippen molar-refractivity contribution in [3.05, 3.63) is 30.1 Å². The minimum absolute atomic E-state index is 0.376. The molecule has 2 saturated heterocycles. The summed E-state index contributed by atoms with van der Waals surface area (Å²) in [6, 6.07) is 5.28. The second kappa shape index (κ2) is 6.65. The second-order valence-electron chi connectivity index (χ2n) is 6.99. The van der Waals surface area contributed by atoms with Crippen molar-refractivity contribution in [2.75, 3.05) is 26.4 Å². The summed E-state index contributed by atoms with van der Waals surface area (Å²) < 4.78 is 11.9. The van der Waals surface area contributed by atoms with E-state index < -0.39 is 0 Å². The van der Waals surface area contributed by atoms with E-state index in [1.807, 2.05) is 18.5 Å². The van der Waals surface area contributed by atoms with Crippen LogP contribution in [0.1, 0.15) is 31.2 Å². The van der Waals surface area contributed by atoms with Crippen molar-refractivity contribution in [1.82, 2.24) is 9.88 Å². The van der Waals surface area contributed by atoms with Crippen molar-refractivity contribution in [3.8, 4) is 0 Å². The van der Waals surface area contributed by atoms with E-state index in [1.165, 1.54) is 24.8 Å². The van der Waals surface area contributed by atoms with Crippen LogP contribution in [0, 0.1) is 5.92 Å². The number of likely N-dealkylation sites (tertiary alicyclic amines) is 1. The zero-order valence-corrected chi connectivity index (χ0v) is 13.2. The van der Waals surface area contributed by atoms with Crippen molar-refractivity contribution in [3.63, 3.8) is 0 Å². The van der Waals surface area contributed by atoms with Gasteiger partial charge in [-0.2, -0.15) is 0 Å². The van der Waals surface area contributed by atoms with Crippen LogP contribution in [0.4, 0.5) is 0 Å². The third kappa shape index (κ3) is 3.34. The molecular formula is C18H26N2O2. The minimum atomic E-state index is 0.376. The third-order valence-electron chi connectivity index (χ3n) is 5.31. The Morgan fingerprint density at radius 2 is 2.23 bits per heavy atom. The molecule has 0 N–H and O–H groups in total. The van der Waals surface area contributed by atoms with E-state index in [0.29, 0.717) is 18.2 Å². The molecule has 0 amide bonds. The van der Waals surface area contributed by atoms with Gasteiger partial charge in [-0.3, -0.25) is 9.88 Å². The Morgan fingerprint density at radius 3 is 2.95 bits per heavy atom. The van der Waals surface area contributed by atoms with Gasteiger partial charge in [-0.05, 0) is 49.7 Å². The highest BCUT2D eigenvalue weighted by Crippen LogP contribution is 2.33. The van der Waals surface area contributed by atoms with Gasteiger partial charge in [0.2, 0.25) is 0 Å². The van der Waals surface area contributed by atoms with Crippen LogP contribution in [-0.4, -0.2) is 54.4 Å². The van der Waals surface area contributed by atoms with Gasteiger partial charge in [0.05, 0.1) is 12.7 Å². The highest BCUT2D eigenvalue weighted by molar-refractivity contribution is 5.12. The van der Waals surface area contributed by atoms with Gasteiger partial charge >= 0.3 is 0 Å². The largest absolute Gasteiger partial charge is 0.380 e. The summed E-state index contributed by atoms with van der Waals surface area (Å²) >= 11 is 0. The molecule has 3 fully saturated rings. The van der Waals surface area contributed by atoms with E-state index in [2.05, 4.69) is 16.0 Å². The Labute approximate surface area is 132 Å². The fourth-order valence-electron chi connectivity index (χ4n) is 3.83. The first-order chi connectivity index (χ1) is 10.9. The lowest BCUT2D eigenvalue weighted by Gasteiger charge is -2.32. The highest BCUT2D eigenvalue weighted by Gasteiger charge is 2.40. The van der Waals surface area contributed by atoms with Gasteiger partial charge in [0.15, 0.2) is 0 Å². The van der Waals surface area contributed by atoms with Crippen molar-refractivity contribution >= 4 is 0 Å². The van der Waals surface area contributed by atoms with E-state index >= 15 is 0 Å². The average Bonchev–Trinajstić information content (AvgIpc) is 3.07. The van der Waals surface area contributed by atoms with Crippen LogP contribution in [0.5, 0.6) is 0 Å². The molecule has 3 aliphatic rings. The topological polar surface area (TPSA) is 34.6 Å². The van der Waals surface area contributed by atoms with Crippen LogP contribution in [0.25, 0.3) is 0 Å². The molecule has 4 rings (SSSR count). The number of ether oxygens (including phenoxy) is 2. The average molecular weight is 302 g/mol. The highest BCUT2D eigenvalue weighted by atomic mass is 16.5. The number of rotatable bonds is 6. The summed E-state index contributed by atoms with van der Waals surface area (Å²) in [5, 5.41) is 0. The lowest BCUT2D eigenvalue weighted by Crippen LogP contribution is -2.44. The van der Waals surface area contributed by atoms with E-state index in [4.69, 9.17) is 9.47 Å². The summed E-state index contributed by atoms with van der Waals surface area (Å²) in [5.41, 5.74) is 1.32. The van der Waals surface area contributed by atoms with Gasteiger partial charge in [0.25, 0.3) is 0 Å². The molecule has 0 bridgehead atoms. The molecule has 22 heavy (non-hydrogen) atoms. The quantitative estimate of drug-likeness (QED) is 0.807. The van der Waals surface area contributed by atoms with Crippen LogP contribution in [0.3, 0.4) is 0 Å². The molecule has 1 aliphatic carbocycles. The number of hydrogen-bond donors (Lipinski definition) is 0. The fraction of sp³-hybridized carbons (Fsp3) is 0.722. The Balaban J connectivity index is 1.45. The van der Waals surface area contributed by atoms with Gasteiger partial charge in [-0.1, -0.05) is 6.07 Å². The van der Waals surface area contributed by atoms with Crippen molar-refractivity contribution in [2.24, 2.45) is 5.92 Å². The van der Waals surface area contributed by atoms with Gasteiger partial charge in [-0.25, -0.2) is 0 Å². The van der Waals surface area contributed by atoms with E-state index in [0.717, 1.165) is 45.1 Å². The lowest BCUT2D eigenvalue weighted by molar-refractivity contribution is 0.0122. The number of nitrogens with zero attached hydrogens (tertiary/aromatic N) is 2. The summed E-state index contributed by atoms with van der Waals surface area (Å²) in [6.07, 6.45) is 10.3. The molecule has 120 valence electrons. The first-order valence-corrected chi connectivity index (χ1v) is 8.74. The van der Waals surface area contributed by atoms with Crippen molar-refractivity contribution < 1.29 is 9.47 Å². The monoisotopic (exact) mass is 302 g/mol. The number of pyridine rings is 1. The first kappa shape index (κ1) is 14.6. The molecule has 0 aromatic carbocycles. The molecule has 3 heterocycles. The maximum Gasteiger partial charge on any atom is 0.0745 e. The predicted octanol–water partition coefficient (Wildman–Crippen LogP) is 2.28. The number of aromatic nitrogens is 1. The third-order valence-corrected chi connectivity index (χ3v) is 5.31. The molecule has 1 unspecified atom stereocenters. The van der Waals surface area contributed by atoms with Crippen molar-refractivity contribution in [2.45, 2.75) is 50.3 Å². The molecule has 2 aliphatic heterocycles. The summed E-state index contributed by atoms with van der Waals surface area (Å²) in [5.74, 6) is 0.836. The van der Waals surface area contributed by atoms with Crippen LogP contribution < -0.4 is 0 Å². The maximum atomic E-state index is 6.30. The van der Waals surface area contributed by atoms with Crippen molar-refractivity contribution in [1.29, 1.82) is 0 Å². The molecule has 0 radical (unpaired) electrons. The summed E-state index contributed by atoms with van der Waals surface area (Å²) in [6.45, 7) is 3.91. The van der Waals surface area contributed by atoms with E-state index in [-0.39, 0.29) is 0 Å². The normalized spacial score (nSPS) is 32.6. The van der Waals surface area contributed by atoms with Gasteiger partial charge in [0, 0.05) is 44.2 Å². The Morgan fingerprint density at radius 1 is 1.27 bits per heavy atom. The first-order valence-electron chi connectivity index (χ1n) is 8.74. The van der Waals surface area contributed by atoms with Crippen LogP contribution in [0.15, 0.2) is 24.5 Å². The van der Waals surface area contributed by atoms with E-state index in [9.17, 15) is 0 Å². The second-order valence-corrected chi connectivity index (χ2v) is 6.99. The van der Waals surface area contributed by atoms with Crippen LogP contribution in [-0.2, 0) is 15.9 Å². The molecule has 0 spiro atoms. The zero-order valence-electron chi connectivity index (χ0n) is 13.2. The van der Waals surface area contributed by atoms with Gasteiger partial charge in [0.1, 0.15) is 0 Å².